The van der Waals surface area contributed by atoms with Gasteiger partial charge in [-0.05, 0) is 56.7 Å². The number of hydrogen-bond acceptors (Lipinski definition) is 6. The van der Waals surface area contributed by atoms with Crippen LogP contribution in [0, 0.1) is 0 Å². The fraction of sp³-hybridized carbons (Fsp3) is 0.611. The zero-order valence-electron chi connectivity index (χ0n) is 15.7. The van der Waals surface area contributed by atoms with Crippen molar-refractivity contribution in [3.8, 4) is 5.75 Å². The Bertz CT molecular complexity index is 716. The Morgan fingerprint density at radius 2 is 1.81 bits per heavy atom. The van der Waals surface area contributed by atoms with E-state index in [1.54, 1.807) is 23.9 Å². The van der Waals surface area contributed by atoms with Crippen LogP contribution in [0.25, 0.3) is 0 Å². The molecule has 146 valence electrons. The molecule has 8 heteroatoms. The zero-order chi connectivity index (χ0) is 19.4. The first-order chi connectivity index (χ1) is 12.2. The molecular weight excluding hydrogens is 374 g/mol. The van der Waals surface area contributed by atoms with E-state index in [0.717, 1.165) is 18.6 Å². The van der Waals surface area contributed by atoms with Crippen LogP contribution in [0.1, 0.15) is 33.1 Å². The minimum atomic E-state index is -3.85. The van der Waals surface area contributed by atoms with Crippen molar-refractivity contribution in [1.29, 1.82) is 0 Å². The Balaban J connectivity index is 2.51. The van der Waals surface area contributed by atoms with Crippen LogP contribution in [0.3, 0.4) is 0 Å². The van der Waals surface area contributed by atoms with Crippen LogP contribution < -0.4 is 4.74 Å². The minimum absolute atomic E-state index is 0.146. The summed E-state index contributed by atoms with van der Waals surface area (Å²) in [5.74, 6) is 0.937. The van der Waals surface area contributed by atoms with Crippen molar-refractivity contribution >= 4 is 27.8 Å². The average Bonchev–Trinajstić information content (AvgIpc) is 2.69. The molecule has 1 aromatic rings. The molecule has 1 aliphatic heterocycles. The fourth-order valence-electron chi connectivity index (χ4n) is 3.09. The number of esters is 1. The average molecular weight is 402 g/mol. The smallest absolute Gasteiger partial charge is 0.325 e. The Hall–Kier alpha value is -1.25. The van der Waals surface area contributed by atoms with E-state index in [1.807, 2.05) is 13.8 Å². The lowest BCUT2D eigenvalue weighted by atomic mass is 10.0. The van der Waals surface area contributed by atoms with Crippen molar-refractivity contribution in [3.05, 3.63) is 24.3 Å². The number of carbonyl (C=O) groups is 1. The van der Waals surface area contributed by atoms with E-state index in [1.165, 1.54) is 30.7 Å². The summed E-state index contributed by atoms with van der Waals surface area (Å²) >= 11 is 1.61. The van der Waals surface area contributed by atoms with Gasteiger partial charge in [0.25, 0.3) is 0 Å². The van der Waals surface area contributed by atoms with Gasteiger partial charge in [0.05, 0.1) is 19.1 Å². The molecule has 0 aromatic heterocycles. The minimum Gasteiger partial charge on any atom is -0.497 e. The van der Waals surface area contributed by atoms with E-state index < -0.39 is 26.8 Å². The number of thioether (sulfide) groups is 1. The molecule has 0 saturated carbocycles. The van der Waals surface area contributed by atoms with Gasteiger partial charge in [-0.3, -0.25) is 4.79 Å². The molecule has 0 amide bonds. The van der Waals surface area contributed by atoms with Gasteiger partial charge in [-0.2, -0.15) is 16.1 Å². The number of sulfonamides is 1. The monoisotopic (exact) mass is 401 g/mol. The first-order valence-electron chi connectivity index (χ1n) is 8.61. The molecule has 6 nitrogen and oxygen atoms in total. The Morgan fingerprint density at radius 3 is 2.38 bits per heavy atom. The van der Waals surface area contributed by atoms with E-state index in [9.17, 15) is 13.2 Å². The Kier molecular flexibility index (Phi) is 6.99. The maximum atomic E-state index is 13.4. The highest BCUT2D eigenvalue weighted by atomic mass is 32.2. The highest BCUT2D eigenvalue weighted by molar-refractivity contribution is 8.00. The van der Waals surface area contributed by atoms with Gasteiger partial charge in [0.15, 0.2) is 0 Å². The third-order valence-electron chi connectivity index (χ3n) is 4.53. The lowest BCUT2D eigenvalue weighted by molar-refractivity contribution is -0.146. The molecule has 0 radical (unpaired) electrons. The molecule has 0 unspecified atom stereocenters. The lowest BCUT2D eigenvalue weighted by Crippen LogP contribution is -2.55. The van der Waals surface area contributed by atoms with Gasteiger partial charge in [0.2, 0.25) is 10.0 Å². The second kappa shape index (κ2) is 8.63. The van der Waals surface area contributed by atoms with E-state index in [0.29, 0.717) is 12.2 Å². The van der Waals surface area contributed by atoms with Crippen molar-refractivity contribution < 1.29 is 22.7 Å². The van der Waals surface area contributed by atoms with E-state index in [2.05, 4.69) is 0 Å². The lowest BCUT2D eigenvalue weighted by Gasteiger charge is -2.38. The molecule has 0 aliphatic carbocycles. The molecule has 0 bridgehead atoms. The van der Waals surface area contributed by atoms with Crippen molar-refractivity contribution in [2.24, 2.45) is 0 Å². The molecule has 0 spiro atoms. The van der Waals surface area contributed by atoms with Crippen LogP contribution in [-0.2, 0) is 19.6 Å². The van der Waals surface area contributed by atoms with E-state index in [-0.39, 0.29) is 11.4 Å². The quantitative estimate of drug-likeness (QED) is 0.723. The maximum absolute atomic E-state index is 13.4. The summed E-state index contributed by atoms with van der Waals surface area (Å²) in [5, 5.41) is 0. The maximum Gasteiger partial charge on any atom is 0.325 e. The molecule has 26 heavy (non-hydrogen) atoms. The van der Waals surface area contributed by atoms with Crippen LogP contribution in [0.5, 0.6) is 5.75 Å². The van der Waals surface area contributed by atoms with Crippen molar-refractivity contribution in [2.45, 2.75) is 48.8 Å². The summed E-state index contributed by atoms with van der Waals surface area (Å²) in [6.45, 7) is 4.10. The highest BCUT2D eigenvalue weighted by Gasteiger charge is 2.46. The summed E-state index contributed by atoms with van der Waals surface area (Å²) in [6.07, 6.45) is 2.63. The summed E-state index contributed by atoms with van der Waals surface area (Å²) in [6, 6.07) is 5.35. The molecule has 1 saturated heterocycles. The molecule has 1 fully saturated rings. The van der Waals surface area contributed by atoms with Crippen molar-refractivity contribution in [3.63, 3.8) is 0 Å². The normalized spacial score (nSPS) is 21.9. The van der Waals surface area contributed by atoms with Crippen LogP contribution in [-0.4, -0.2) is 56.0 Å². The van der Waals surface area contributed by atoms with Gasteiger partial charge in [0, 0.05) is 11.3 Å². The number of benzene rings is 1. The predicted octanol–water partition coefficient (Wildman–Crippen LogP) is 2.92. The summed E-state index contributed by atoms with van der Waals surface area (Å²) < 4.78 is 37.5. The molecule has 1 atom stereocenters. The van der Waals surface area contributed by atoms with Gasteiger partial charge < -0.3 is 9.47 Å². The largest absolute Gasteiger partial charge is 0.497 e. The number of methoxy groups -OCH3 is 2. The number of carbonyl (C=O) groups excluding carboxylic acids is 1. The number of ether oxygens (including phenoxy) is 2. The number of hydrogen-bond donors (Lipinski definition) is 0. The second-order valence-electron chi connectivity index (χ2n) is 6.73. The second-order valence-corrected chi connectivity index (χ2v) is 10.4. The van der Waals surface area contributed by atoms with Gasteiger partial charge in [0.1, 0.15) is 11.8 Å². The Morgan fingerprint density at radius 1 is 1.15 bits per heavy atom. The third kappa shape index (κ3) is 4.53. The molecule has 1 heterocycles. The Labute approximate surface area is 160 Å². The van der Waals surface area contributed by atoms with Crippen LogP contribution in [0.2, 0.25) is 0 Å². The standard InChI is InChI=1S/C18H27NO5S2/c1-18(2)16(17(20)24-4)19(12-6-5-7-13-25-18)26(21,22)15-10-8-14(23-3)9-11-15/h8-11,16H,5-7,12-13H2,1-4H3/t16-/m0/s1. The summed E-state index contributed by atoms with van der Waals surface area (Å²) in [4.78, 5) is 12.7. The van der Waals surface area contributed by atoms with Crippen LogP contribution >= 0.6 is 11.8 Å². The number of nitrogens with zero attached hydrogens (tertiary/aromatic N) is 1. The van der Waals surface area contributed by atoms with Crippen LogP contribution in [0.15, 0.2) is 29.2 Å². The SMILES string of the molecule is COC(=O)[C@@H]1N(S(=O)(=O)c2ccc(OC)cc2)CCCCCSC1(C)C. The third-order valence-corrected chi connectivity index (χ3v) is 7.87. The molecule has 2 rings (SSSR count). The first kappa shape index (κ1) is 21.1. The van der Waals surface area contributed by atoms with E-state index in [4.69, 9.17) is 9.47 Å². The molecular formula is C18H27NO5S2. The summed E-state index contributed by atoms with van der Waals surface area (Å²) in [5.41, 5.74) is 0. The van der Waals surface area contributed by atoms with Crippen LogP contribution in [0.4, 0.5) is 0 Å². The first-order valence-corrected chi connectivity index (χ1v) is 11.0. The molecule has 1 aliphatic rings. The van der Waals surface area contributed by atoms with Gasteiger partial charge in [-0.25, -0.2) is 8.42 Å². The van der Waals surface area contributed by atoms with Crippen molar-refractivity contribution in [2.75, 3.05) is 26.5 Å². The van der Waals surface area contributed by atoms with Crippen molar-refractivity contribution in [1.82, 2.24) is 4.31 Å². The predicted molar refractivity (Wildman–Crippen MR) is 103 cm³/mol. The topological polar surface area (TPSA) is 72.9 Å². The molecule has 0 N–H and O–H groups in total. The van der Waals surface area contributed by atoms with E-state index >= 15 is 0 Å². The highest BCUT2D eigenvalue weighted by Crippen LogP contribution is 2.37. The van der Waals surface area contributed by atoms with Gasteiger partial charge in [-0.1, -0.05) is 6.42 Å². The van der Waals surface area contributed by atoms with Gasteiger partial charge >= 0.3 is 5.97 Å². The summed E-state index contributed by atoms with van der Waals surface area (Å²) in [7, 11) is -1.03. The fourth-order valence-corrected chi connectivity index (χ4v) is 6.16. The zero-order valence-corrected chi connectivity index (χ0v) is 17.4. The number of rotatable bonds is 4. The van der Waals surface area contributed by atoms with Gasteiger partial charge in [-0.15, -0.1) is 0 Å². The molecule has 1 aromatic carbocycles.